The van der Waals surface area contributed by atoms with E-state index in [1.165, 1.54) is 25.5 Å². The molecule has 1 aliphatic rings. The number of halogens is 1. The lowest BCUT2D eigenvalue weighted by molar-refractivity contribution is 0.0913. The van der Waals surface area contributed by atoms with Gasteiger partial charge in [0.2, 0.25) is 0 Å². The molecular formula is C16H24ClN3O. The minimum Gasteiger partial charge on any atom is -0.348 e. The number of carbonyl (C=O) groups is 1. The molecule has 1 heterocycles. The highest BCUT2D eigenvalue weighted by molar-refractivity contribution is 6.33. The molecular weight excluding hydrogens is 286 g/mol. The van der Waals surface area contributed by atoms with E-state index in [1.807, 2.05) is 13.8 Å². The fourth-order valence-electron chi connectivity index (χ4n) is 2.86. The highest BCUT2D eigenvalue weighted by Crippen LogP contribution is 2.27. The molecule has 5 heteroatoms. The van der Waals surface area contributed by atoms with Gasteiger partial charge in [0.1, 0.15) is 11.5 Å². The van der Waals surface area contributed by atoms with Gasteiger partial charge in [0.25, 0.3) is 5.91 Å². The van der Waals surface area contributed by atoms with Gasteiger partial charge >= 0.3 is 0 Å². The van der Waals surface area contributed by atoms with Crippen LogP contribution in [0.4, 0.5) is 0 Å². The first-order valence-electron chi connectivity index (χ1n) is 7.84. The maximum atomic E-state index is 12.4. The molecule has 1 amide bonds. The number of nitrogens with one attached hydrogen (secondary N) is 1. The number of amides is 1. The molecule has 2 atom stereocenters. The van der Waals surface area contributed by atoms with Crippen LogP contribution in [0.25, 0.3) is 0 Å². The zero-order valence-electron chi connectivity index (χ0n) is 13.0. The van der Waals surface area contributed by atoms with Crippen LogP contribution in [0, 0.1) is 5.92 Å². The van der Waals surface area contributed by atoms with Crippen molar-refractivity contribution >= 4 is 17.5 Å². The van der Waals surface area contributed by atoms with Crippen LogP contribution in [-0.2, 0) is 0 Å². The fraction of sp³-hybridized carbons (Fsp3) is 0.688. The maximum absolute atomic E-state index is 12.4. The third kappa shape index (κ3) is 4.16. The lowest BCUT2D eigenvalue weighted by Gasteiger charge is -2.29. The molecule has 2 rings (SSSR count). The molecule has 0 aromatic carbocycles. The molecule has 1 aromatic rings. The first kappa shape index (κ1) is 16.2. The summed E-state index contributed by atoms with van der Waals surface area (Å²) in [5.74, 6) is 1.37. The standard InChI is InChI=1S/C16H24ClN3O/c1-4-11-6-5-7-12(8-11)19-16(21)14-13(17)9-18-15(20-14)10(2)3/h9-12H,4-8H2,1-3H3,(H,19,21). The van der Waals surface area contributed by atoms with E-state index in [0.717, 1.165) is 18.8 Å². The van der Waals surface area contributed by atoms with Gasteiger partial charge in [0.15, 0.2) is 0 Å². The van der Waals surface area contributed by atoms with Crippen molar-refractivity contribution in [3.8, 4) is 0 Å². The number of hydrogen-bond donors (Lipinski definition) is 1. The monoisotopic (exact) mass is 309 g/mol. The third-order valence-corrected chi connectivity index (χ3v) is 4.47. The summed E-state index contributed by atoms with van der Waals surface area (Å²) in [6.07, 6.45) is 7.25. The molecule has 21 heavy (non-hydrogen) atoms. The second-order valence-electron chi connectivity index (χ2n) is 6.19. The average molecular weight is 310 g/mol. The molecule has 1 aliphatic carbocycles. The molecule has 1 aromatic heterocycles. The van der Waals surface area contributed by atoms with Crippen LogP contribution < -0.4 is 5.32 Å². The van der Waals surface area contributed by atoms with Crippen molar-refractivity contribution in [2.75, 3.05) is 0 Å². The summed E-state index contributed by atoms with van der Waals surface area (Å²) >= 11 is 6.08. The van der Waals surface area contributed by atoms with Gasteiger partial charge in [-0.15, -0.1) is 0 Å². The van der Waals surface area contributed by atoms with Gasteiger partial charge in [-0.1, -0.05) is 51.6 Å². The molecule has 0 radical (unpaired) electrons. The molecule has 0 bridgehead atoms. The molecule has 0 aliphatic heterocycles. The number of carbonyl (C=O) groups excluding carboxylic acids is 1. The van der Waals surface area contributed by atoms with Crippen LogP contribution in [-0.4, -0.2) is 21.9 Å². The Morgan fingerprint density at radius 2 is 2.24 bits per heavy atom. The average Bonchev–Trinajstić information content (AvgIpc) is 2.47. The van der Waals surface area contributed by atoms with Gasteiger partial charge in [-0.25, -0.2) is 9.97 Å². The summed E-state index contributed by atoms with van der Waals surface area (Å²) in [6, 6.07) is 0.240. The summed E-state index contributed by atoms with van der Waals surface area (Å²) in [7, 11) is 0. The van der Waals surface area contributed by atoms with E-state index in [4.69, 9.17) is 11.6 Å². The normalized spacial score (nSPS) is 22.3. The lowest BCUT2D eigenvalue weighted by Crippen LogP contribution is -2.39. The predicted octanol–water partition coefficient (Wildman–Crippen LogP) is 3.95. The molecule has 1 N–H and O–H groups in total. The maximum Gasteiger partial charge on any atom is 0.271 e. The highest BCUT2D eigenvalue weighted by Gasteiger charge is 2.24. The topological polar surface area (TPSA) is 54.9 Å². The summed E-state index contributed by atoms with van der Waals surface area (Å²) in [5, 5.41) is 3.41. The number of nitrogens with zero attached hydrogens (tertiary/aromatic N) is 2. The molecule has 0 saturated heterocycles. The van der Waals surface area contributed by atoms with Gasteiger partial charge in [-0.3, -0.25) is 4.79 Å². The second kappa shape index (κ2) is 7.21. The molecule has 2 unspecified atom stereocenters. The number of hydrogen-bond acceptors (Lipinski definition) is 3. The zero-order chi connectivity index (χ0) is 15.4. The van der Waals surface area contributed by atoms with Crippen molar-refractivity contribution < 1.29 is 4.79 Å². The van der Waals surface area contributed by atoms with E-state index >= 15 is 0 Å². The van der Waals surface area contributed by atoms with E-state index in [2.05, 4.69) is 22.2 Å². The molecule has 116 valence electrons. The van der Waals surface area contributed by atoms with E-state index in [-0.39, 0.29) is 17.9 Å². The second-order valence-corrected chi connectivity index (χ2v) is 6.60. The van der Waals surface area contributed by atoms with Crippen LogP contribution in [0.1, 0.15) is 75.1 Å². The Bertz CT molecular complexity index is 504. The van der Waals surface area contributed by atoms with Crippen LogP contribution in [0.15, 0.2) is 6.20 Å². The first-order chi connectivity index (χ1) is 10.0. The van der Waals surface area contributed by atoms with Crippen molar-refractivity contribution in [3.63, 3.8) is 0 Å². The van der Waals surface area contributed by atoms with E-state index < -0.39 is 0 Å². The predicted molar refractivity (Wildman–Crippen MR) is 84.6 cm³/mol. The lowest BCUT2D eigenvalue weighted by atomic mass is 9.84. The number of aromatic nitrogens is 2. The van der Waals surface area contributed by atoms with E-state index in [0.29, 0.717) is 16.5 Å². The Hall–Kier alpha value is -1.16. The van der Waals surface area contributed by atoms with Gasteiger partial charge in [0.05, 0.1) is 11.2 Å². The third-order valence-electron chi connectivity index (χ3n) is 4.19. The van der Waals surface area contributed by atoms with Crippen molar-refractivity contribution in [1.29, 1.82) is 0 Å². The van der Waals surface area contributed by atoms with Crippen molar-refractivity contribution in [3.05, 3.63) is 22.7 Å². The van der Waals surface area contributed by atoms with E-state index in [1.54, 1.807) is 0 Å². The minimum atomic E-state index is -0.175. The van der Waals surface area contributed by atoms with Crippen LogP contribution >= 0.6 is 11.6 Å². The molecule has 0 spiro atoms. The minimum absolute atomic E-state index is 0.174. The fourth-order valence-corrected chi connectivity index (χ4v) is 3.04. The summed E-state index contributed by atoms with van der Waals surface area (Å²) < 4.78 is 0. The first-order valence-corrected chi connectivity index (χ1v) is 8.22. The van der Waals surface area contributed by atoms with Crippen molar-refractivity contribution in [2.24, 2.45) is 5.92 Å². The van der Waals surface area contributed by atoms with Gasteiger partial charge in [-0.2, -0.15) is 0 Å². The van der Waals surface area contributed by atoms with Crippen molar-refractivity contribution in [1.82, 2.24) is 15.3 Å². The zero-order valence-corrected chi connectivity index (χ0v) is 13.8. The molecule has 4 nitrogen and oxygen atoms in total. The summed E-state index contributed by atoms with van der Waals surface area (Å²) in [5.41, 5.74) is 0.300. The van der Waals surface area contributed by atoms with Gasteiger partial charge in [-0.05, 0) is 18.8 Å². The molecule has 1 fully saturated rings. The molecule has 1 saturated carbocycles. The summed E-state index contributed by atoms with van der Waals surface area (Å²) in [4.78, 5) is 20.9. The van der Waals surface area contributed by atoms with Gasteiger partial charge < -0.3 is 5.32 Å². The van der Waals surface area contributed by atoms with E-state index in [9.17, 15) is 4.79 Å². The summed E-state index contributed by atoms with van der Waals surface area (Å²) in [6.45, 7) is 6.21. The Morgan fingerprint density at radius 1 is 1.48 bits per heavy atom. The van der Waals surface area contributed by atoms with Crippen molar-refractivity contribution in [2.45, 2.75) is 64.8 Å². The smallest absolute Gasteiger partial charge is 0.271 e. The van der Waals surface area contributed by atoms with Gasteiger partial charge in [0, 0.05) is 12.0 Å². The number of rotatable bonds is 4. The Balaban J connectivity index is 2.07. The Labute approximate surface area is 131 Å². The highest BCUT2D eigenvalue weighted by atomic mass is 35.5. The van der Waals surface area contributed by atoms with Crippen LogP contribution in [0.3, 0.4) is 0 Å². The Kier molecular flexibility index (Phi) is 5.57. The Morgan fingerprint density at radius 3 is 2.90 bits per heavy atom. The SMILES string of the molecule is CCC1CCCC(NC(=O)c2nc(C(C)C)ncc2Cl)C1. The largest absolute Gasteiger partial charge is 0.348 e. The van der Waals surface area contributed by atoms with Crippen LogP contribution in [0.5, 0.6) is 0 Å². The quantitative estimate of drug-likeness (QED) is 0.916. The van der Waals surface area contributed by atoms with Crippen LogP contribution in [0.2, 0.25) is 5.02 Å².